The van der Waals surface area contributed by atoms with Crippen LogP contribution in [-0.4, -0.2) is 35.3 Å². The number of carbonyl (C=O) groups is 1. The molecule has 1 N–H and O–H groups in total. The van der Waals surface area contributed by atoms with Gasteiger partial charge in [0, 0.05) is 23.5 Å². The Morgan fingerprint density at radius 3 is 2.67 bits per heavy atom. The molecule has 2 heterocycles. The molecule has 0 saturated heterocycles. The first-order valence-corrected chi connectivity index (χ1v) is 7.80. The summed E-state index contributed by atoms with van der Waals surface area (Å²) in [5, 5.41) is 11.9. The number of amides is 1. The van der Waals surface area contributed by atoms with Crippen molar-refractivity contribution in [1.29, 1.82) is 0 Å². The molecule has 3 rings (SSSR count). The lowest BCUT2D eigenvalue weighted by Gasteiger charge is -2.08. The van der Waals surface area contributed by atoms with Gasteiger partial charge in [0.15, 0.2) is 16.5 Å². The highest BCUT2D eigenvalue weighted by Gasteiger charge is 2.14. The molecule has 0 saturated carbocycles. The molecule has 8 heteroatoms. The second-order valence-electron chi connectivity index (χ2n) is 4.68. The van der Waals surface area contributed by atoms with Gasteiger partial charge in [-0.15, -0.1) is 10.2 Å². The summed E-state index contributed by atoms with van der Waals surface area (Å²) in [7, 11) is 3.06. The fourth-order valence-electron chi connectivity index (χ4n) is 2.03. The molecule has 3 aromatic rings. The molecule has 0 aliphatic carbocycles. The van der Waals surface area contributed by atoms with Crippen LogP contribution in [-0.2, 0) is 0 Å². The first kappa shape index (κ1) is 15.9. The maximum atomic E-state index is 12.3. The molecule has 0 bridgehead atoms. The summed E-state index contributed by atoms with van der Waals surface area (Å²) in [4.78, 5) is 16.4. The minimum absolute atomic E-state index is 0.301. The van der Waals surface area contributed by atoms with E-state index in [1.807, 2.05) is 12.1 Å². The van der Waals surface area contributed by atoms with Crippen LogP contribution in [0.3, 0.4) is 0 Å². The summed E-state index contributed by atoms with van der Waals surface area (Å²) in [6, 6.07) is 8.64. The number of nitrogens with one attached hydrogen (secondary N) is 1. The van der Waals surface area contributed by atoms with Gasteiger partial charge in [-0.1, -0.05) is 11.3 Å². The van der Waals surface area contributed by atoms with Crippen molar-refractivity contribution in [2.75, 3.05) is 19.5 Å². The zero-order chi connectivity index (χ0) is 16.9. The second-order valence-corrected chi connectivity index (χ2v) is 5.66. The highest BCUT2D eigenvalue weighted by molar-refractivity contribution is 7.18. The second kappa shape index (κ2) is 7.05. The average molecular weight is 342 g/mol. The first-order chi connectivity index (χ1) is 11.7. The molecule has 0 atom stereocenters. The number of anilines is 1. The first-order valence-electron chi connectivity index (χ1n) is 6.98. The number of ether oxygens (including phenoxy) is 2. The molecule has 24 heavy (non-hydrogen) atoms. The quantitative estimate of drug-likeness (QED) is 0.767. The van der Waals surface area contributed by atoms with Crippen molar-refractivity contribution in [1.82, 2.24) is 15.2 Å². The Kier molecular flexibility index (Phi) is 4.66. The van der Waals surface area contributed by atoms with Crippen molar-refractivity contribution in [2.45, 2.75) is 0 Å². The molecule has 2 aromatic heterocycles. The molecule has 1 aromatic carbocycles. The predicted molar refractivity (Wildman–Crippen MR) is 90.6 cm³/mol. The SMILES string of the molecule is COc1ccc(C(=O)Nc2nnc(-c3cccnc3)s2)cc1OC. The number of hydrogen-bond donors (Lipinski definition) is 1. The van der Waals surface area contributed by atoms with Crippen LogP contribution in [0, 0.1) is 0 Å². The third kappa shape index (κ3) is 3.33. The minimum Gasteiger partial charge on any atom is -0.493 e. The summed E-state index contributed by atoms with van der Waals surface area (Å²) in [6.45, 7) is 0. The Morgan fingerprint density at radius 2 is 1.96 bits per heavy atom. The van der Waals surface area contributed by atoms with Crippen molar-refractivity contribution < 1.29 is 14.3 Å². The van der Waals surface area contributed by atoms with Gasteiger partial charge in [0.2, 0.25) is 5.13 Å². The number of methoxy groups -OCH3 is 2. The molecule has 0 radical (unpaired) electrons. The van der Waals surface area contributed by atoms with Crippen molar-refractivity contribution >= 4 is 22.4 Å². The molecule has 7 nitrogen and oxygen atoms in total. The van der Waals surface area contributed by atoms with Gasteiger partial charge in [-0.3, -0.25) is 15.1 Å². The van der Waals surface area contributed by atoms with Gasteiger partial charge in [-0.25, -0.2) is 0 Å². The smallest absolute Gasteiger partial charge is 0.257 e. The average Bonchev–Trinajstić information content (AvgIpc) is 3.10. The summed E-state index contributed by atoms with van der Waals surface area (Å²) in [5.74, 6) is 0.743. The van der Waals surface area contributed by atoms with Gasteiger partial charge in [-0.05, 0) is 30.3 Å². The Bertz CT molecular complexity index is 852. The van der Waals surface area contributed by atoms with Gasteiger partial charge in [0.25, 0.3) is 5.91 Å². The standard InChI is InChI=1S/C16H14N4O3S/c1-22-12-6-5-10(8-13(12)23-2)14(21)18-16-20-19-15(24-16)11-4-3-7-17-9-11/h3-9H,1-2H3,(H,18,20,21). The zero-order valence-electron chi connectivity index (χ0n) is 13.0. The van der Waals surface area contributed by atoms with Crippen LogP contribution in [0.4, 0.5) is 5.13 Å². The Morgan fingerprint density at radius 1 is 1.12 bits per heavy atom. The minimum atomic E-state index is -0.301. The maximum Gasteiger partial charge on any atom is 0.257 e. The molecule has 0 aliphatic rings. The van der Waals surface area contributed by atoms with E-state index in [4.69, 9.17) is 9.47 Å². The van der Waals surface area contributed by atoms with Crippen molar-refractivity contribution in [3.05, 3.63) is 48.3 Å². The van der Waals surface area contributed by atoms with Crippen LogP contribution >= 0.6 is 11.3 Å². The van der Waals surface area contributed by atoms with E-state index in [1.54, 1.807) is 37.7 Å². The number of benzene rings is 1. The van der Waals surface area contributed by atoms with Crippen molar-refractivity contribution in [3.8, 4) is 22.1 Å². The van der Waals surface area contributed by atoms with Crippen molar-refractivity contribution in [3.63, 3.8) is 0 Å². The van der Waals surface area contributed by atoms with Gasteiger partial charge >= 0.3 is 0 Å². The Hall–Kier alpha value is -3.00. The highest BCUT2D eigenvalue weighted by atomic mass is 32.1. The van der Waals surface area contributed by atoms with Crippen LogP contribution in [0.5, 0.6) is 11.5 Å². The maximum absolute atomic E-state index is 12.3. The van der Waals surface area contributed by atoms with E-state index in [0.717, 1.165) is 5.56 Å². The molecule has 0 aliphatic heterocycles. The van der Waals surface area contributed by atoms with E-state index < -0.39 is 0 Å². The molecule has 0 fully saturated rings. The summed E-state index contributed by atoms with van der Waals surface area (Å²) >= 11 is 1.28. The van der Waals surface area contributed by atoms with E-state index in [-0.39, 0.29) is 5.91 Å². The van der Waals surface area contributed by atoms with E-state index in [9.17, 15) is 4.79 Å². The van der Waals surface area contributed by atoms with Gasteiger partial charge in [-0.2, -0.15) is 0 Å². The van der Waals surface area contributed by atoms with Gasteiger partial charge < -0.3 is 9.47 Å². The lowest BCUT2D eigenvalue weighted by molar-refractivity contribution is 0.102. The van der Waals surface area contributed by atoms with Crippen molar-refractivity contribution in [2.24, 2.45) is 0 Å². The molecular weight excluding hydrogens is 328 g/mol. The molecule has 0 spiro atoms. The fourth-order valence-corrected chi connectivity index (χ4v) is 2.76. The van der Waals surface area contributed by atoms with E-state index in [1.165, 1.54) is 18.4 Å². The molecule has 122 valence electrons. The molecule has 0 unspecified atom stereocenters. The van der Waals surface area contributed by atoms with Crippen LogP contribution in [0.15, 0.2) is 42.7 Å². The van der Waals surface area contributed by atoms with E-state index >= 15 is 0 Å². The number of rotatable bonds is 5. The molecular formula is C16H14N4O3S. The lowest BCUT2D eigenvalue weighted by atomic mass is 10.2. The zero-order valence-corrected chi connectivity index (χ0v) is 13.8. The Labute approximate surface area is 142 Å². The number of aromatic nitrogens is 3. The van der Waals surface area contributed by atoms with Crippen LogP contribution in [0.25, 0.3) is 10.6 Å². The van der Waals surface area contributed by atoms with Crippen LogP contribution in [0.1, 0.15) is 10.4 Å². The van der Waals surface area contributed by atoms with E-state index in [2.05, 4.69) is 20.5 Å². The van der Waals surface area contributed by atoms with Crippen LogP contribution in [0.2, 0.25) is 0 Å². The number of hydrogen-bond acceptors (Lipinski definition) is 7. The van der Waals surface area contributed by atoms with Gasteiger partial charge in [0.1, 0.15) is 0 Å². The summed E-state index contributed by atoms with van der Waals surface area (Å²) in [5.41, 5.74) is 1.28. The third-order valence-corrected chi connectivity index (χ3v) is 4.09. The summed E-state index contributed by atoms with van der Waals surface area (Å²) < 4.78 is 10.4. The number of carbonyl (C=O) groups excluding carboxylic acids is 1. The monoisotopic (exact) mass is 342 g/mol. The number of nitrogens with zero attached hydrogens (tertiary/aromatic N) is 3. The Balaban J connectivity index is 1.77. The largest absolute Gasteiger partial charge is 0.493 e. The normalized spacial score (nSPS) is 10.2. The number of pyridine rings is 1. The predicted octanol–water partition coefficient (Wildman–Crippen LogP) is 2.87. The van der Waals surface area contributed by atoms with Crippen LogP contribution < -0.4 is 14.8 Å². The lowest BCUT2D eigenvalue weighted by Crippen LogP contribution is -2.11. The summed E-state index contributed by atoms with van der Waals surface area (Å²) in [6.07, 6.45) is 3.38. The van der Waals surface area contributed by atoms with E-state index in [0.29, 0.717) is 27.2 Å². The van der Waals surface area contributed by atoms with Gasteiger partial charge in [0.05, 0.1) is 14.2 Å². The highest BCUT2D eigenvalue weighted by Crippen LogP contribution is 2.29. The third-order valence-electron chi connectivity index (χ3n) is 3.20. The fraction of sp³-hybridized carbons (Fsp3) is 0.125. The topological polar surface area (TPSA) is 86.2 Å². The molecule has 1 amide bonds.